The summed E-state index contributed by atoms with van der Waals surface area (Å²) in [6, 6.07) is 8.08. The molecular weight excluding hydrogens is 262 g/mol. The Morgan fingerprint density at radius 1 is 1.11 bits per heavy atom. The number of benzene rings is 1. The molecule has 1 rings (SSSR count). The minimum absolute atomic E-state index is 0.204. The van der Waals surface area contributed by atoms with Gasteiger partial charge in [0.25, 0.3) is 0 Å². The fourth-order valence-corrected chi connectivity index (χ4v) is 1.82. The number of aryl methyl sites for hydroxylation is 1. The number of hydrogen-bond donors (Lipinski definition) is 3. The molecule has 18 heavy (non-hydrogen) atoms. The van der Waals surface area contributed by atoms with Crippen molar-refractivity contribution in [3.8, 4) is 0 Å². The Morgan fingerprint density at radius 3 is 2.50 bits per heavy atom. The minimum atomic E-state index is 0.204. The molecule has 1 aromatic rings. The molecule has 1 aromatic carbocycles. The van der Waals surface area contributed by atoms with Crippen molar-refractivity contribution in [1.29, 1.82) is 0 Å². The fourth-order valence-electron chi connectivity index (χ4n) is 1.46. The van der Waals surface area contributed by atoms with Gasteiger partial charge in [-0.25, -0.2) is 0 Å². The Balaban J connectivity index is 2.05. The first-order chi connectivity index (χ1) is 8.68. The van der Waals surface area contributed by atoms with Crippen LogP contribution in [0.5, 0.6) is 0 Å². The molecule has 0 fully saturated rings. The van der Waals surface area contributed by atoms with Crippen LogP contribution in [0.25, 0.3) is 0 Å². The third-order valence-electron chi connectivity index (χ3n) is 2.52. The Labute approximate surface area is 120 Å². The van der Waals surface area contributed by atoms with Gasteiger partial charge in [0.2, 0.25) is 0 Å². The lowest BCUT2D eigenvalue weighted by Gasteiger charge is -2.01. The van der Waals surface area contributed by atoms with Crippen LogP contribution in [-0.2, 0) is 0 Å². The number of unbranched alkanes of at least 4 members (excludes halogenated alkanes) is 2. The summed E-state index contributed by atoms with van der Waals surface area (Å²) in [6.45, 7) is 2.83. The summed E-state index contributed by atoms with van der Waals surface area (Å²) < 4.78 is 0.204. The van der Waals surface area contributed by atoms with Crippen LogP contribution in [0.2, 0.25) is 0 Å². The van der Waals surface area contributed by atoms with Gasteiger partial charge in [-0.3, -0.25) is 5.43 Å². The lowest BCUT2D eigenvalue weighted by Crippen LogP contribution is -1.90. The lowest BCUT2D eigenvalue weighted by molar-refractivity contribution is 0.661. The van der Waals surface area contributed by atoms with E-state index in [1.54, 1.807) is 0 Å². The highest BCUT2D eigenvalue weighted by molar-refractivity contribution is 7.99. The van der Waals surface area contributed by atoms with Crippen molar-refractivity contribution in [3.63, 3.8) is 0 Å². The molecule has 0 aromatic heterocycles. The maximum atomic E-state index is 4.22. The van der Waals surface area contributed by atoms with Gasteiger partial charge in [0.05, 0.1) is 12.2 Å². The summed E-state index contributed by atoms with van der Waals surface area (Å²) >= 11 is 8.43. The van der Waals surface area contributed by atoms with Crippen LogP contribution in [0, 0.1) is 6.92 Å². The van der Waals surface area contributed by atoms with E-state index in [0.29, 0.717) is 0 Å². The third kappa shape index (κ3) is 7.61. The van der Waals surface area contributed by atoms with Crippen molar-refractivity contribution in [2.24, 2.45) is 10.3 Å². The normalized spacial score (nSPS) is 11.3. The molecule has 0 spiro atoms. The molecule has 0 aliphatic carbocycles. The van der Waals surface area contributed by atoms with Gasteiger partial charge >= 0.3 is 0 Å². The van der Waals surface area contributed by atoms with E-state index in [9.17, 15) is 0 Å². The highest BCUT2D eigenvalue weighted by atomic mass is 32.2. The van der Waals surface area contributed by atoms with Gasteiger partial charge < -0.3 is 0 Å². The summed E-state index contributed by atoms with van der Waals surface area (Å²) in [5.74, 6) is 0. The molecule has 1 N–H and O–H groups in total. The first-order valence-corrected chi connectivity index (χ1v) is 7.27. The van der Waals surface area contributed by atoms with Crippen molar-refractivity contribution in [2.75, 3.05) is 12.0 Å². The average Bonchev–Trinajstić information content (AvgIpc) is 2.34. The number of anilines is 1. The molecule has 0 heterocycles. The molecule has 0 bridgehead atoms. The van der Waals surface area contributed by atoms with Crippen LogP contribution >= 0.6 is 25.3 Å². The molecule has 0 aliphatic heterocycles. The number of hydrogen-bond acceptors (Lipinski definition) is 4. The third-order valence-corrected chi connectivity index (χ3v) is 3.04. The molecule has 3 nitrogen and oxygen atoms in total. The van der Waals surface area contributed by atoms with E-state index >= 15 is 0 Å². The first-order valence-electron chi connectivity index (χ1n) is 6.24. The largest absolute Gasteiger partial charge is 0.260 e. The van der Waals surface area contributed by atoms with E-state index in [2.05, 4.69) is 47.9 Å². The van der Waals surface area contributed by atoms with Gasteiger partial charge in [0.1, 0.15) is 0 Å². The molecule has 0 atom stereocenters. The van der Waals surface area contributed by atoms with Crippen molar-refractivity contribution < 1.29 is 0 Å². The molecule has 0 amide bonds. The van der Waals surface area contributed by atoms with Crippen molar-refractivity contribution >= 4 is 30.9 Å². The summed E-state index contributed by atoms with van der Waals surface area (Å²) in [5, 5.41) is 8.03. The molecule has 0 aliphatic rings. The topological polar surface area (TPSA) is 36.8 Å². The van der Waals surface area contributed by atoms with Gasteiger partial charge in [-0.1, -0.05) is 35.8 Å². The van der Waals surface area contributed by atoms with Gasteiger partial charge in [0, 0.05) is 4.58 Å². The SMILES string of the molecule is Cc1ccc(NN=NCCCCCC(S)S)cc1. The highest BCUT2D eigenvalue weighted by Crippen LogP contribution is 2.11. The van der Waals surface area contributed by atoms with Crippen molar-refractivity contribution in [2.45, 2.75) is 37.2 Å². The van der Waals surface area contributed by atoms with Crippen LogP contribution in [-0.4, -0.2) is 11.1 Å². The van der Waals surface area contributed by atoms with Gasteiger partial charge in [0.15, 0.2) is 0 Å². The quantitative estimate of drug-likeness (QED) is 0.212. The zero-order valence-electron chi connectivity index (χ0n) is 10.7. The maximum Gasteiger partial charge on any atom is 0.0620 e. The molecule has 0 saturated heterocycles. The fraction of sp³-hybridized carbons (Fsp3) is 0.538. The van der Waals surface area contributed by atoms with Crippen LogP contribution in [0.15, 0.2) is 34.6 Å². The zero-order chi connectivity index (χ0) is 13.2. The molecule has 100 valence electrons. The average molecular weight is 283 g/mol. The lowest BCUT2D eigenvalue weighted by atomic mass is 10.2. The summed E-state index contributed by atoms with van der Waals surface area (Å²) in [4.78, 5) is 0. The zero-order valence-corrected chi connectivity index (χ0v) is 12.5. The Morgan fingerprint density at radius 2 is 1.83 bits per heavy atom. The second kappa shape index (κ2) is 9.28. The summed E-state index contributed by atoms with van der Waals surface area (Å²) in [7, 11) is 0. The first kappa shape index (κ1) is 15.4. The standard InChI is InChI=1S/C13H21N3S2/c1-11-6-8-12(9-7-11)15-16-14-10-4-2-3-5-13(17)18/h6-9,13,17-18H,2-5,10H2,1H3,(H,14,15). The summed E-state index contributed by atoms with van der Waals surface area (Å²) in [6.07, 6.45) is 4.41. The maximum absolute atomic E-state index is 4.22. The van der Waals surface area contributed by atoms with E-state index in [0.717, 1.165) is 37.9 Å². The van der Waals surface area contributed by atoms with Gasteiger partial charge in [-0.2, -0.15) is 30.4 Å². The minimum Gasteiger partial charge on any atom is -0.260 e. The number of rotatable bonds is 8. The summed E-state index contributed by atoms with van der Waals surface area (Å²) in [5.41, 5.74) is 5.12. The van der Waals surface area contributed by atoms with E-state index in [-0.39, 0.29) is 4.58 Å². The Hall–Kier alpha value is -0.680. The van der Waals surface area contributed by atoms with Crippen LogP contribution in [0.3, 0.4) is 0 Å². The van der Waals surface area contributed by atoms with E-state index < -0.39 is 0 Å². The van der Waals surface area contributed by atoms with Gasteiger partial charge in [-0.05, 0) is 31.9 Å². The molecule has 0 unspecified atom stereocenters. The van der Waals surface area contributed by atoms with E-state index in [1.165, 1.54) is 5.56 Å². The monoisotopic (exact) mass is 283 g/mol. The highest BCUT2D eigenvalue weighted by Gasteiger charge is 1.94. The number of thiol groups is 2. The van der Waals surface area contributed by atoms with Crippen molar-refractivity contribution in [1.82, 2.24) is 0 Å². The molecule has 0 radical (unpaired) electrons. The smallest absolute Gasteiger partial charge is 0.0620 e. The second-order valence-electron chi connectivity index (χ2n) is 4.27. The van der Waals surface area contributed by atoms with Crippen molar-refractivity contribution in [3.05, 3.63) is 29.8 Å². The van der Waals surface area contributed by atoms with Crippen LogP contribution in [0.4, 0.5) is 5.69 Å². The number of nitrogens with zero attached hydrogens (tertiary/aromatic N) is 2. The molecule has 0 saturated carbocycles. The van der Waals surface area contributed by atoms with Crippen LogP contribution in [0.1, 0.15) is 31.2 Å². The number of nitrogens with one attached hydrogen (secondary N) is 1. The van der Waals surface area contributed by atoms with Gasteiger partial charge in [-0.15, -0.1) is 0 Å². The molecular formula is C13H21N3S2. The predicted octanol–water partition coefficient (Wildman–Crippen LogP) is 4.52. The van der Waals surface area contributed by atoms with Crippen LogP contribution < -0.4 is 5.43 Å². The second-order valence-corrected chi connectivity index (χ2v) is 5.93. The van der Waals surface area contributed by atoms with E-state index in [1.807, 2.05) is 24.3 Å². The predicted molar refractivity (Wildman–Crippen MR) is 84.8 cm³/mol. The Bertz CT molecular complexity index is 350. The van der Waals surface area contributed by atoms with E-state index in [4.69, 9.17) is 0 Å². The Kier molecular flexibility index (Phi) is 7.93. The molecule has 5 heteroatoms.